The Hall–Kier alpha value is -2.50. The molecular weight excluding hydrogens is 350 g/mol. The van der Waals surface area contributed by atoms with Gasteiger partial charge in [0.1, 0.15) is 34.5 Å². The highest BCUT2D eigenvalue weighted by Gasteiger charge is 2.35. The number of sulfonamides is 1. The van der Waals surface area contributed by atoms with Gasteiger partial charge >= 0.3 is 0 Å². The van der Waals surface area contributed by atoms with Gasteiger partial charge < -0.3 is 4.74 Å². The predicted molar refractivity (Wildman–Crippen MR) is 85.3 cm³/mol. The van der Waals surface area contributed by atoms with Crippen LogP contribution < -0.4 is 4.74 Å². The molecule has 2 aromatic rings. The molecule has 130 valence electrons. The zero-order chi connectivity index (χ0) is 18.0. The van der Waals surface area contributed by atoms with E-state index in [4.69, 9.17) is 10.00 Å². The highest BCUT2D eigenvalue weighted by atomic mass is 32.2. The molecule has 0 radical (unpaired) electrons. The number of rotatable bonds is 4. The molecule has 1 aliphatic rings. The normalized spacial score (nSPS) is 18.0. The SMILES string of the molecule is N#Cc1cc(F)ccc1S(=O)(=O)N1CCC(Oc2cccc(F)c2)C1. The van der Waals surface area contributed by atoms with Crippen LogP contribution in [0.3, 0.4) is 0 Å². The second-order valence-corrected chi connectivity index (χ2v) is 7.51. The van der Waals surface area contributed by atoms with Gasteiger partial charge in [-0.05, 0) is 36.8 Å². The van der Waals surface area contributed by atoms with Gasteiger partial charge in [0.25, 0.3) is 0 Å². The van der Waals surface area contributed by atoms with E-state index in [1.807, 2.05) is 0 Å². The maximum absolute atomic E-state index is 13.2. The third-order valence-corrected chi connectivity index (χ3v) is 5.81. The van der Waals surface area contributed by atoms with Crippen LogP contribution in [0.5, 0.6) is 5.75 Å². The average Bonchev–Trinajstić information content (AvgIpc) is 3.03. The summed E-state index contributed by atoms with van der Waals surface area (Å²) in [6.07, 6.45) is 0.00120. The molecule has 1 atom stereocenters. The van der Waals surface area contributed by atoms with Crippen LogP contribution in [0, 0.1) is 23.0 Å². The molecule has 1 fully saturated rings. The Morgan fingerprint density at radius 2 is 1.92 bits per heavy atom. The fourth-order valence-electron chi connectivity index (χ4n) is 2.70. The van der Waals surface area contributed by atoms with Crippen LogP contribution in [-0.2, 0) is 10.0 Å². The van der Waals surface area contributed by atoms with Crippen molar-refractivity contribution in [3.8, 4) is 11.8 Å². The first-order valence-corrected chi connectivity index (χ1v) is 8.96. The summed E-state index contributed by atoms with van der Waals surface area (Å²) < 4.78 is 58.7. The molecule has 0 aromatic heterocycles. The van der Waals surface area contributed by atoms with Gasteiger partial charge in [-0.15, -0.1) is 0 Å². The highest BCUT2D eigenvalue weighted by molar-refractivity contribution is 7.89. The van der Waals surface area contributed by atoms with E-state index in [1.165, 1.54) is 22.5 Å². The van der Waals surface area contributed by atoms with Crippen molar-refractivity contribution < 1.29 is 21.9 Å². The van der Waals surface area contributed by atoms with E-state index in [0.29, 0.717) is 12.2 Å². The molecule has 0 amide bonds. The number of nitrogens with zero attached hydrogens (tertiary/aromatic N) is 2. The lowest BCUT2D eigenvalue weighted by atomic mass is 10.2. The summed E-state index contributed by atoms with van der Waals surface area (Å²) in [6.45, 7) is 0.269. The molecule has 0 bridgehead atoms. The van der Waals surface area contributed by atoms with Gasteiger partial charge in [0, 0.05) is 12.6 Å². The van der Waals surface area contributed by atoms with Gasteiger partial charge in [-0.25, -0.2) is 17.2 Å². The van der Waals surface area contributed by atoms with Crippen molar-refractivity contribution in [2.75, 3.05) is 13.1 Å². The Labute approximate surface area is 144 Å². The van der Waals surface area contributed by atoms with E-state index >= 15 is 0 Å². The van der Waals surface area contributed by atoms with Gasteiger partial charge in [0.05, 0.1) is 12.1 Å². The summed E-state index contributed by atoms with van der Waals surface area (Å²) in [7, 11) is -3.94. The van der Waals surface area contributed by atoms with E-state index < -0.39 is 27.8 Å². The largest absolute Gasteiger partial charge is 0.489 e. The van der Waals surface area contributed by atoms with Gasteiger partial charge in [-0.3, -0.25) is 0 Å². The van der Waals surface area contributed by atoms with E-state index in [1.54, 1.807) is 12.1 Å². The number of halogens is 2. The van der Waals surface area contributed by atoms with Gasteiger partial charge in [-0.1, -0.05) is 6.07 Å². The Morgan fingerprint density at radius 1 is 1.16 bits per heavy atom. The summed E-state index contributed by atoms with van der Waals surface area (Å²) in [5, 5.41) is 9.06. The molecule has 1 unspecified atom stereocenters. The fraction of sp³-hybridized carbons (Fsp3) is 0.235. The van der Waals surface area contributed by atoms with Gasteiger partial charge in [-0.2, -0.15) is 9.57 Å². The van der Waals surface area contributed by atoms with Gasteiger partial charge in [0.15, 0.2) is 0 Å². The van der Waals surface area contributed by atoms with Crippen LogP contribution in [0.25, 0.3) is 0 Å². The van der Waals surface area contributed by atoms with Crippen LogP contribution in [0.4, 0.5) is 8.78 Å². The van der Waals surface area contributed by atoms with Crippen molar-refractivity contribution >= 4 is 10.0 Å². The average molecular weight is 364 g/mol. The van der Waals surface area contributed by atoms with E-state index in [9.17, 15) is 17.2 Å². The predicted octanol–water partition coefficient (Wildman–Crippen LogP) is 2.68. The van der Waals surface area contributed by atoms with Crippen molar-refractivity contribution in [3.63, 3.8) is 0 Å². The van der Waals surface area contributed by atoms with E-state index in [-0.39, 0.29) is 23.5 Å². The van der Waals surface area contributed by atoms with Crippen molar-refractivity contribution in [2.45, 2.75) is 17.4 Å². The monoisotopic (exact) mass is 364 g/mol. The lowest BCUT2D eigenvalue weighted by Crippen LogP contribution is -2.31. The first-order chi connectivity index (χ1) is 11.9. The fourth-order valence-corrected chi connectivity index (χ4v) is 4.31. The minimum Gasteiger partial charge on any atom is -0.489 e. The first-order valence-electron chi connectivity index (χ1n) is 7.52. The van der Waals surface area contributed by atoms with Crippen molar-refractivity contribution in [1.29, 1.82) is 5.26 Å². The third-order valence-electron chi connectivity index (χ3n) is 3.89. The lowest BCUT2D eigenvalue weighted by molar-refractivity contribution is 0.214. The molecule has 8 heteroatoms. The molecule has 0 saturated carbocycles. The number of hydrogen-bond donors (Lipinski definition) is 0. The van der Waals surface area contributed by atoms with Crippen LogP contribution in [0.1, 0.15) is 12.0 Å². The molecule has 3 rings (SSSR count). The molecule has 2 aromatic carbocycles. The minimum atomic E-state index is -3.94. The first kappa shape index (κ1) is 17.3. The van der Waals surface area contributed by atoms with Crippen LogP contribution >= 0.6 is 0 Å². The lowest BCUT2D eigenvalue weighted by Gasteiger charge is -2.18. The summed E-state index contributed by atoms with van der Waals surface area (Å²) in [5.74, 6) is -0.794. The molecule has 25 heavy (non-hydrogen) atoms. The topological polar surface area (TPSA) is 70.4 Å². The number of nitriles is 1. The number of benzene rings is 2. The second-order valence-electron chi connectivity index (χ2n) is 5.60. The molecule has 1 saturated heterocycles. The number of ether oxygens (including phenoxy) is 1. The van der Waals surface area contributed by atoms with Crippen molar-refractivity contribution in [2.24, 2.45) is 0 Å². The summed E-state index contributed by atoms with van der Waals surface area (Å²) in [4.78, 5) is -0.234. The molecule has 0 spiro atoms. The Bertz CT molecular complexity index is 941. The smallest absolute Gasteiger partial charge is 0.244 e. The van der Waals surface area contributed by atoms with Crippen molar-refractivity contribution in [3.05, 3.63) is 59.7 Å². The maximum atomic E-state index is 13.2. The molecule has 1 heterocycles. The molecule has 1 aliphatic heterocycles. The van der Waals surface area contributed by atoms with Crippen molar-refractivity contribution in [1.82, 2.24) is 4.31 Å². The Morgan fingerprint density at radius 3 is 2.64 bits per heavy atom. The number of hydrogen-bond acceptors (Lipinski definition) is 4. The third kappa shape index (κ3) is 3.62. The standard InChI is InChI=1S/C17H14F2N2O3S/c18-13-2-1-3-15(9-13)24-16-6-7-21(11-16)25(22,23)17-5-4-14(19)8-12(17)10-20/h1-5,8-9,16H,6-7,11H2. The Balaban J connectivity index is 1.78. The maximum Gasteiger partial charge on any atom is 0.244 e. The van der Waals surface area contributed by atoms with Crippen LogP contribution in [0.2, 0.25) is 0 Å². The van der Waals surface area contributed by atoms with Crippen LogP contribution in [-0.4, -0.2) is 31.9 Å². The zero-order valence-electron chi connectivity index (χ0n) is 13.0. The Kier molecular flexibility index (Phi) is 4.70. The molecule has 5 nitrogen and oxygen atoms in total. The molecule has 0 N–H and O–H groups in total. The van der Waals surface area contributed by atoms with E-state index in [2.05, 4.69) is 0 Å². The zero-order valence-corrected chi connectivity index (χ0v) is 13.8. The highest BCUT2D eigenvalue weighted by Crippen LogP contribution is 2.26. The van der Waals surface area contributed by atoms with Crippen LogP contribution in [0.15, 0.2) is 47.4 Å². The summed E-state index contributed by atoms with van der Waals surface area (Å²) in [5.41, 5.74) is -0.241. The summed E-state index contributed by atoms with van der Waals surface area (Å²) in [6, 6.07) is 10.3. The second kappa shape index (κ2) is 6.78. The van der Waals surface area contributed by atoms with Gasteiger partial charge in [0.2, 0.25) is 10.0 Å². The quantitative estimate of drug-likeness (QED) is 0.836. The molecule has 0 aliphatic carbocycles. The van der Waals surface area contributed by atoms with E-state index in [0.717, 1.165) is 18.2 Å². The minimum absolute atomic E-state index is 0.0705. The summed E-state index contributed by atoms with van der Waals surface area (Å²) >= 11 is 0. The molecular formula is C17H14F2N2O3S.